The molecule has 5 rings (SSSR count). The molecule has 10 nitrogen and oxygen atoms in total. The Kier molecular flexibility index (Phi) is 8.37. The number of nitrogens with two attached hydrogens (primary N) is 1. The van der Waals surface area contributed by atoms with Crippen molar-refractivity contribution in [2.24, 2.45) is 5.92 Å². The van der Waals surface area contributed by atoms with Crippen LogP contribution in [0.25, 0.3) is 5.65 Å². The molecule has 1 saturated carbocycles. The number of anilines is 1. The lowest BCUT2D eigenvalue weighted by atomic mass is 9.73. The van der Waals surface area contributed by atoms with E-state index in [9.17, 15) is 14.0 Å². The number of nitrogens with zero attached hydrogens (tertiary/aromatic N) is 5. The number of hydrogen-bond acceptors (Lipinski definition) is 7. The van der Waals surface area contributed by atoms with Gasteiger partial charge in [-0.05, 0) is 45.2 Å². The lowest BCUT2D eigenvalue weighted by molar-refractivity contribution is -0.135. The molecule has 3 unspecified atom stereocenters. The smallest absolute Gasteiger partial charge is 0.259 e. The number of rotatable bonds is 4. The van der Waals surface area contributed by atoms with E-state index in [1.807, 2.05) is 14.1 Å². The maximum Gasteiger partial charge on any atom is 0.259 e. The monoisotopic (exact) mass is 542 g/mol. The molecule has 3 fully saturated rings. The van der Waals surface area contributed by atoms with Gasteiger partial charge in [0.1, 0.15) is 5.56 Å². The molecular formula is C28H43FN8O2. The summed E-state index contributed by atoms with van der Waals surface area (Å²) in [6.07, 6.45) is 14.0. The van der Waals surface area contributed by atoms with E-state index < -0.39 is 5.82 Å². The summed E-state index contributed by atoms with van der Waals surface area (Å²) in [5.41, 5.74) is 6.35. The Labute approximate surface area is 229 Å². The molecule has 39 heavy (non-hydrogen) atoms. The molecule has 0 bridgehead atoms. The Balaban J connectivity index is 1.48. The zero-order valence-electron chi connectivity index (χ0n) is 23.3. The van der Waals surface area contributed by atoms with E-state index in [-0.39, 0.29) is 52.4 Å². The number of nitrogens with one attached hydrogen (secondary N) is 2. The molecule has 1 spiro atoms. The van der Waals surface area contributed by atoms with Crippen LogP contribution in [0.15, 0.2) is 12.4 Å². The number of nitrogen functional groups attached to an aromatic ring is 1. The van der Waals surface area contributed by atoms with Crippen molar-refractivity contribution >= 4 is 23.3 Å². The lowest BCUT2D eigenvalue weighted by Gasteiger charge is -2.53. The van der Waals surface area contributed by atoms with Gasteiger partial charge in [-0.15, -0.1) is 5.10 Å². The highest BCUT2D eigenvalue weighted by atomic mass is 19.1. The van der Waals surface area contributed by atoms with Crippen LogP contribution in [0.1, 0.15) is 81.0 Å². The minimum atomic E-state index is -0.551. The topological polar surface area (TPSA) is 121 Å². The highest BCUT2D eigenvalue weighted by Crippen LogP contribution is 2.36. The second-order valence-corrected chi connectivity index (χ2v) is 11.9. The van der Waals surface area contributed by atoms with Gasteiger partial charge in [0.2, 0.25) is 5.91 Å². The van der Waals surface area contributed by atoms with Crippen molar-refractivity contribution in [3.8, 4) is 0 Å². The Morgan fingerprint density at radius 3 is 2.56 bits per heavy atom. The lowest BCUT2D eigenvalue weighted by Crippen LogP contribution is -2.72. The van der Waals surface area contributed by atoms with E-state index in [1.54, 1.807) is 4.90 Å². The number of piperidine rings is 2. The molecule has 1 aliphatic carbocycles. The van der Waals surface area contributed by atoms with Crippen molar-refractivity contribution in [2.45, 2.75) is 88.3 Å². The summed E-state index contributed by atoms with van der Waals surface area (Å²) in [7, 11) is 3.64. The molecule has 2 aliphatic heterocycles. The number of hydrogen-bond donors (Lipinski definition) is 3. The molecule has 0 radical (unpaired) electrons. The number of likely N-dealkylation sites (tertiary alicyclic amines) is 1. The van der Waals surface area contributed by atoms with Gasteiger partial charge in [-0.2, -0.15) is 0 Å². The highest BCUT2D eigenvalue weighted by molar-refractivity contribution is 6.04. The fourth-order valence-corrected chi connectivity index (χ4v) is 7.18. The quantitative estimate of drug-likeness (QED) is 0.543. The van der Waals surface area contributed by atoms with E-state index in [1.165, 1.54) is 36.4 Å². The van der Waals surface area contributed by atoms with Crippen molar-refractivity contribution < 1.29 is 14.0 Å². The highest BCUT2D eigenvalue weighted by Gasteiger charge is 2.48. The van der Waals surface area contributed by atoms with Crippen molar-refractivity contribution in [3.63, 3.8) is 0 Å². The third-order valence-corrected chi connectivity index (χ3v) is 9.09. The third kappa shape index (κ3) is 5.75. The number of carbonyl (C=O) groups excluding carboxylic acids is 2. The molecule has 0 aromatic carbocycles. The van der Waals surface area contributed by atoms with Gasteiger partial charge in [-0.3, -0.25) is 14.5 Å². The predicted molar refractivity (Wildman–Crippen MR) is 148 cm³/mol. The SMILES string of the molecule is CN(C)C(=O)C1CCCN(C2CCNC3(CCCCCCCC3)C2NC(=O)c2c(N)nn3cc(F)cnc23)C1. The van der Waals surface area contributed by atoms with Crippen LogP contribution in [-0.2, 0) is 4.79 Å². The van der Waals surface area contributed by atoms with Crippen LogP contribution in [0.5, 0.6) is 0 Å². The average molecular weight is 543 g/mol. The van der Waals surface area contributed by atoms with Crippen LogP contribution in [0.4, 0.5) is 10.2 Å². The van der Waals surface area contributed by atoms with Crippen LogP contribution in [0, 0.1) is 11.7 Å². The van der Waals surface area contributed by atoms with Gasteiger partial charge in [-0.25, -0.2) is 13.9 Å². The molecule has 2 aromatic rings. The summed E-state index contributed by atoms with van der Waals surface area (Å²) in [4.78, 5) is 35.1. The molecule has 3 aliphatic rings. The first-order chi connectivity index (χ1) is 18.8. The summed E-state index contributed by atoms with van der Waals surface area (Å²) in [5.74, 6) is -0.721. The van der Waals surface area contributed by atoms with E-state index >= 15 is 0 Å². The molecule has 2 saturated heterocycles. The average Bonchev–Trinajstić information content (AvgIpc) is 3.30. The van der Waals surface area contributed by atoms with Gasteiger partial charge in [0, 0.05) is 32.2 Å². The summed E-state index contributed by atoms with van der Waals surface area (Å²) < 4.78 is 15.0. The fraction of sp³-hybridized carbons (Fsp3) is 0.714. The Hall–Kier alpha value is -2.79. The summed E-state index contributed by atoms with van der Waals surface area (Å²) in [6.45, 7) is 2.48. The first-order valence-corrected chi connectivity index (χ1v) is 14.6. The number of carbonyl (C=O) groups is 2. The minimum Gasteiger partial charge on any atom is -0.381 e. The number of halogens is 1. The first-order valence-electron chi connectivity index (χ1n) is 14.6. The van der Waals surface area contributed by atoms with Gasteiger partial charge in [0.25, 0.3) is 5.91 Å². The maximum absolute atomic E-state index is 13.9. The number of aromatic nitrogens is 3. The van der Waals surface area contributed by atoms with Gasteiger partial charge in [-0.1, -0.05) is 38.5 Å². The van der Waals surface area contributed by atoms with Crippen LogP contribution in [-0.4, -0.2) is 87.6 Å². The zero-order chi connectivity index (χ0) is 27.6. The van der Waals surface area contributed by atoms with Crippen molar-refractivity contribution in [3.05, 3.63) is 23.8 Å². The summed E-state index contributed by atoms with van der Waals surface area (Å²) >= 11 is 0. The molecule has 2 amide bonds. The largest absolute Gasteiger partial charge is 0.381 e. The maximum atomic E-state index is 13.9. The second kappa shape index (κ2) is 11.8. The third-order valence-electron chi connectivity index (χ3n) is 9.09. The number of amides is 2. The van der Waals surface area contributed by atoms with E-state index in [0.717, 1.165) is 64.2 Å². The van der Waals surface area contributed by atoms with Gasteiger partial charge in [0.15, 0.2) is 17.3 Å². The van der Waals surface area contributed by atoms with Crippen molar-refractivity contribution in [2.75, 3.05) is 39.5 Å². The number of fused-ring (bicyclic) bond motifs is 1. The van der Waals surface area contributed by atoms with Crippen LogP contribution in [0.2, 0.25) is 0 Å². The standard InChI is InChI=1S/C28H43FN8O2/c1-35(2)27(39)19-10-9-15-36(17-19)21-11-14-32-28(12-7-5-3-4-6-8-13-28)23(21)33-26(38)22-24(30)34-37-18-20(29)16-31-25(22)37/h16,18-19,21,23,32H,3-15,17H2,1-2H3,(H2,30,34)(H,33,38). The van der Waals surface area contributed by atoms with Crippen molar-refractivity contribution in [1.29, 1.82) is 0 Å². The van der Waals surface area contributed by atoms with Gasteiger partial charge < -0.3 is 21.3 Å². The van der Waals surface area contributed by atoms with Crippen LogP contribution < -0.4 is 16.4 Å². The molecule has 2 aromatic heterocycles. The molecule has 4 heterocycles. The van der Waals surface area contributed by atoms with Crippen LogP contribution >= 0.6 is 0 Å². The molecule has 11 heteroatoms. The van der Waals surface area contributed by atoms with E-state index in [4.69, 9.17) is 5.73 Å². The predicted octanol–water partition coefficient (Wildman–Crippen LogP) is 2.58. The van der Waals surface area contributed by atoms with Gasteiger partial charge >= 0.3 is 0 Å². The van der Waals surface area contributed by atoms with Gasteiger partial charge in [0.05, 0.1) is 24.4 Å². The Morgan fingerprint density at radius 1 is 1.13 bits per heavy atom. The molecular weight excluding hydrogens is 499 g/mol. The summed E-state index contributed by atoms with van der Waals surface area (Å²) in [6, 6.07) is -0.0953. The van der Waals surface area contributed by atoms with E-state index in [2.05, 4.69) is 25.6 Å². The second-order valence-electron chi connectivity index (χ2n) is 11.9. The zero-order valence-corrected chi connectivity index (χ0v) is 23.3. The normalized spacial score (nSPS) is 26.5. The van der Waals surface area contributed by atoms with Crippen LogP contribution in [0.3, 0.4) is 0 Å². The van der Waals surface area contributed by atoms with E-state index in [0.29, 0.717) is 6.54 Å². The Morgan fingerprint density at radius 2 is 1.85 bits per heavy atom. The molecule has 214 valence electrons. The molecule has 3 atom stereocenters. The fourth-order valence-electron chi connectivity index (χ4n) is 7.18. The summed E-state index contributed by atoms with van der Waals surface area (Å²) in [5, 5.41) is 11.4. The Bertz CT molecular complexity index is 1170. The minimum absolute atomic E-state index is 0.0315. The van der Waals surface area contributed by atoms with Crippen molar-refractivity contribution in [1.82, 2.24) is 35.0 Å². The first kappa shape index (κ1) is 27.8. The molecule has 4 N–H and O–H groups in total.